The fraction of sp³-hybridized carbons (Fsp3) is 0.200. The van der Waals surface area contributed by atoms with Gasteiger partial charge >= 0.3 is 0 Å². The van der Waals surface area contributed by atoms with Gasteiger partial charge in [0, 0.05) is 13.2 Å². The monoisotopic (exact) mass is 258 g/mol. The normalized spacial score (nSPS) is 11.2. The highest BCUT2D eigenvalue weighted by Crippen LogP contribution is 2.12. The zero-order chi connectivity index (χ0) is 14.0. The van der Waals surface area contributed by atoms with E-state index in [2.05, 4.69) is 5.10 Å². The van der Waals surface area contributed by atoms with Crippen LogP contribution in [-0.2, 0) is 7.05 Å². The summed E-state index contributed by atoms with van der Waals surface area (Å²) in [5, 5.41) is 4.13. The van der Waals surface area contributed by atoms with E-state index in [9.17, 15) is 9.18 Å². The van der Waals surface area contributed by atoms with Crippen molar-refractivity contribution in [2.24, 2.45) is 7.05 Å². The lowest BCUT2D eigenvalue weighted by molar-refractivity contribution is 0.104. The topological polar surface area (TPSA) is 34.9 Å². The first-order valence-electron chi connectivity index (χ1n) is 5.96. The van der Waals surface area contributed by atoms with Gasteiger partial charge in [-0.15, -0.1) is 0 Å². The highest BCUT2D eigenvalue weighted by molar-refractivity contribution is 6.07. The molecule has 0 aliphatic rings. The van der Waals surface area contributed by atoms with Gasteiger partial charge in [-0.3, -0.25) is 9.48 Å². The second-order valence-corrected chi connectivity index (χ2v) is 4.51. The lowest BCUT2D eigenvalue weighted by atomic mass is 10.1. The summed E-state index contributed by atoms with van der Waals surface area (Å²) in [4.78, 5) is 12.0. The van der Waals surface area contributed by atoms with E-state index < -0.39 is 0 Å². The van der Waals surface area contributed by atoms with Crippen molar-refractivity contribution in [2.45, 2.75) is 13.8 Å². The van der Waals surface area contributed by atoms with Crippen LogP contribution in [0.1, 0.15) is 27.2 Å². The molecule has 3 nitrogen and oxygen atoms in total. The van der Waals surface area contributed by atoms with E-state index in [4.69, 9.17) is 0 Å². The van der Waals surface area contributed by atoms with Gasteiger partial charge in [0.15, 0.2) is 5.78 Å². The number of carbonyl (C=O) groups is 1. The first kappa shape index (κ1) is 13.2. The van der Waals surface area contributed by atoms with Gasteiger partial charge < -0.3 is 0 Å². The van der Waals surface area contributed by atoms with Crippen molar-refractivity contribution in [3.63, 3.8) is 0 Å². The van der Waals surface area contributed by atoms with Crippen molar-refractivity contribution in [1.29, 1.82) is 0 Å². The van der Waals surface area contributed by atoms with Gasteiger partial charge in [0.2, 0.25) is 0 Å². The lowest BCUT2D eigenvalue weighted by Gasteiger charge is -1.98. The molecule has 1 heterocycles. The van der Waals surface area contributed by atoms with Gasteiger partial charge in [0.1, 0.15) is 5.82 Å². The molecule has 0 amide bonds. The Morgan fingerprint density at radius 2 is 2.11 bits per heavy atom. The third kappa shape index (κ3) is 2.96. The largest absolute Gasteiger partial charge is 0.289 e. The van der Waals surface area contributed by atoms with Gasteiger partial charge in [0.25, 0.3) is 0 Å². The number of aromatic nitrogens is 2. The Morgan fingerprint density at radius 1 is 1.37 bits per heavy atom. The van der Waals surface area contributed by atoms with Crippen LogP contribution in [0.2, 0.25) is 0 Å². The van der Waals surface area contributed by atoms with Crippen LogP contribution in [0, 0.1) is 19.7 Å². The van der Waals surface area contributed by atoms with Crippen LogP contribution in [0.3, 0.4) is 0 Å². The van der Waals surface area contributed by atoms with Gasteiger partial charge in [-0.2, -0.15) is 5.10 Å². The second kappa shape index (κ2) is 5.18. The standard InChI is InChI=1S/C15H15FN2O/c1-10-8-12(4-6-14(10)16)5-7-15(19)13-9-18(3)17-11(13)2/h4-9H,1-3H3. The molecule has 0 aliphatic carbocycles. The molecule has 0 fully saturated rings. The van der Waals surface area contributed by atoms with Gasteiger partial charge in [-0.25, -0.2) is 4.39 Å². The third-order valence-electron chi connectivity index (χ3n) is 2.89. The Kier molecular flexibility index (Phi) is 3.60. The number of nitrogens with zero attached hydrogens (tertiary/aromatic N) is 2. The van der Waals surface area contributed by atoms with E-state index in [1.165, 1.54) is 12.1 Å². The molecule has 4 heteroatoms. The molecule has 98 valence electrons. The van der Waals surface area contributed by atoms with Crippen molar-refractivity contribution in [1.82, 2.24) is 9.78 Å². The number of hydrogen-bond donors (Lipinski definition) is 0. The summed E-state index contributed by atoms with van der Waals surface area (Å²) < 4.78 is 14.7. The molecule has 0 saturated carbocycles. The summed E-state index contributed by atoms with van der Waals surface area (Å²) >= 11 is 0. The number of hydrogen-bond acceptors (Lipinski definition) is 2. The quantitative estimate of drug-likeness (QED) is 0.626. The third-order valence-corrected chi connectivity index (χ3v) is 2.89. The molecule has 2 aromatic rings. The van der Waals surface area contributed by atoms with Crippen molar-refractivity contribution in [2.75, 3.05) is 0 Å². The average molecular weight is 258 g/mol. The molecule has 0 saturated heterocycles. The first-order valence-corrected chi connectivity index (χ1v) is 5.96. The predicted molar refractivity (Wildman–Crippen MR) is 72.4 cm³/mol. The van der Waals surface area contributed by atoms with Crippen molar-refractivity contribution >= 4 is 11.9 Å². The Hall–Kier alpha value is -2.23. The highest BCUT2D eigenvalue weighted by atomic mass is 19.1. The average Bonchev–Trinajstić information content (AvgIpc) is 2.70. The molecule has 2 rings (SSSR count). The molecule has 0 aliphatic heterocycles. The Balaban J connectivity index is 2.20. The SMILES string of the molecule is Cc1cc(C=CC(=O)c2cn(C)nc2C)ccc1F. The fourth-order valence-corrected chi connectivity index (χ4v) is 1.87. The van der Waals surface area contributed by atoms with Crippen LogP contribution in [0.25, 0.3) is 6.08 Å². The number of carbonyl (C=O) groups excluding carboxylic acids is 1. The van der Waals surface area contributed by atoms with Crippen molar-refractivity contribution in [3.05, 3.63) is 58.7 Å². The molecule has 1 aromatic carbocycles. The van der Waals surface area contributed by atoms with Gasteiger partial charge in [-0.1, -0.05) is 12.1 Å². The molecular weight excluding hydrogens is 243 g/mol. The molecule has 19 heavy (non-hydrogen) atoms. The van der Waals surface area contributed by atoms with Gasteiger partial charge in [-0.05, 0) is 43.2 Å². The van der Waals surface area contributed by atoms with E-state index in [0.29, 0.717) is 16.8 Å². The van der Waals surface area contributed by atoms with Crippen molar-refractivity contribution in [3.8, 4) is 0 Å². The zero-order valence-electron chi connectivity index (χ0n) is 11.1. The number of rotatable bonds is 3. The number of benzene rings is 1. The summed E-state index contributed by atoms with van der Waals surface area (Å²) in [5.74, 6) is -0.348. The van der Waals surface area contributed by atoms with Crippen LogP contribution in [0.4, 0.5) is 4.39 Å². The summed E-state index contributed by atoms with van der Waals surface area (Å²) in [6, 6.07) is 4.74. The summed E-state index contributed by atoms with van der Waals surface area (Å²) in [7, 11) is 1.77. The van der Waals surface area contributed by atoms with Gasteiger partial charge in [0.05, 0.1) is 11.3 Å². The summed E-state index contributed by atoms with van der Waals surface area (Å²) in [6.07, 6.45) is 4.86. The molecule has 0 radical (unpaired) electrons. The van der Waals surface area contributed by atoms with E-state index in [0.717, 1.165) is 5.56 Å². The smallest absolute Gasteiger partial charge is 0.189 e. The van der Waals surface area contributed by atoms with E-state index in [1.807, 2.05) is 0 Å². The van der Waals surface area contributed by atoms with Crippen LogP contribution in [0.15, 0.2) is 30.5 Å². The second-order valence-electron chi connectivity index (χ2n) is 4.51. The van der Waals surface area contributed by atoms with Crippen LogP contribution < -0.4 is 0 Å². The van der Waals surface area contributed by atoms with Crippen LogP contribution >= 0.6 is 0 Å². The molecule has 0 bridgehead atoms. The Bertz CT molecular complexity index is 656. The zero-order valence-corrected chi connectivity index (χ0v) is 11.1. The molecule has 0 N–H and O–H groups in total. The highest BCUT2D eigenvalue weighted by Gasteiger charge is 2.09. The number of ketones is 1. The summed E-state index contributed by atoms with van der Waals surface area (Å²) in [5.41, 5.74) is 2.64. The molecule has 1 aromatic heterocycles. The van der Waals surface area contributed by atoms with Crippen LogP contribution in [-0.4, -0.2) is 15.6 Å². The number of halogens is 1. The minimum absolute atomic E-state index is 0.104. The lowest BCUT2D eigenvalue weighted by Crippen LogP contribution is -1.94. The molecule has 0 unspecified atom stereocenters. The minimum atomic E-state index is -0.244. The van der Waals surface area contributed by atoms with E-state index in [-0.39, 0.29) is 11.6 Å². The number of allylic oxidation sites excluding steroid dienone is 1. The molecule has 0 spiro atoms. The maximum absolute atomic E-state index is 13.1. The predicted octanol–water partition coefficient (Wildman–Crippen LogP) is 3.07. The van der Waals surface area contributed by atoms with E-state index in [1.54, 1.807) is 50.0 Å². The first-order chi connectivity index (χ1) is 8.97. The Labute approximate surface area is 111 Å². The van der Waals surface area contributed by atoms with Crippen LogP contribution in [0.5, 0.6) is 0 Å². The maximum atomic E-state index is 13.1. The van der Waals surface area contributed by atoms with E-state index >= 15 is 0 Å². The van der Waals surface area contributed by atoms with Crippen molar-refractivity contribution < 1.29 is 9.18 Å². The number of aryl methyl sites for hydroxylation is 3. The molecular formula is C15H15FN2O. The minimum Gasteiger partial charge on any atom is -0.289 e. The fourth-order valence-electron chi connectivity index (χ4n) is 1.87. The molecule has 0 atom stereocenters. The Morgan fingerprint density at radius 3 is 2.68 bits per heavy atom. The maximum Gasteiger partial charge on any atom is 0.189 e. The summed E-state index contributed by atoms with van der Waals surface area (Å²) in [6.45, 7) is 3.49.